The van der Waals surface area contributed by atoms with Gasteiger partial charge in [0, 0.05) is 25.5 Å². The van der Waals surface area contributed by atoms with Gasteiger partial charge in [-0.05, 0) is 61.7 Å². The zero-order valence-corrected chi connectivity index (χ0v) is 18.6. The fourth-order valence-corrected chi connectivity index (χ4v) is 2.23. The summed E-state index contributed by atoms with van der Waals surface area (Å²) in [4.78, 5) is 7.53. The molecule has 2 saturated carbocycles. The minimum absolute atomic E-state index is 0. The van der Waals surface area contributed by atoms with E-state index in [9.17, 15) is 0 Å². The molecule has 0 unspecified atom stereocenters. The van der Waals surface area contributed by atoms with E-state index in [4.69, 9.17) is 25.3 Å². The van der Waals surface area contributed by atoms with Crippen molar-refractivity contribution in [1.29, 1.82) is 0 Å². The number of hydrazone groups is 2. The third-order valence-electron chi connectivity index (χ3n) is 3.39. The van der Waals surface area contributed by atoms with E-state index in [-0.39, 0.29) is 19.5 Å². The number of aliphatic imine (C=N–C) groups is 2. The number of amidine groups is 2. The maximum absolute atomic E-state index is 4.81. The summed E-state index contributed by atoms with van der Waals surface area (Å²) in [5, 5.41) is 9.18. The van der Waals surface area contributed by atoms with Crippen molar-refractivity contribution in [3.05, 3.63) is 0 Å². The molecule has 6 nitrogen and oxygen atoms in total. The van der Waals surface area contributed by atoms with Gasteiger partial charge in [0.05, 0.1) is 0 Å². The van der Waals surface area contributed by atoms with Crippen LogP contribution in [-0.2, 0) is 44.7 Å². The number of rotatable bonds is 2. The summed E-state index contributed by atoms with van der Waals surface area (Å²) in [7, 11) is 3.31. The molecule has 124 valence electrons. The normalized spacial score (nSPS) is 17.8. The summed E-state index contributed by atoms with van der Waals surface area (Å²) < 4.78 is 0. The molecule has 2 rings (SSSR count). The van der Waals surface area contributed by atoms with Gasteiger partial charge in [0.2, 0.25) is 0 Å². The predicted octanol–water partition coefficient (Wildman–Crippen LogP) is 2.07. The van der Waals surface area contributed by atoms with Crippen LogP contribution in [0.3, 0.4) is 0 Å². The molecule has 0 bridgehead atoms. The van der Waals surface area contributed by atoms with E-state index in [1.54, 1.807) is 14.1 Å². The molecule has 2 aliphatic carbocycles. The van der Waals surface area contributed by atoms with Crippen molar-refractivity contribution in [3.63, 3.8) is 0 Å². The Balaban J connectivity index is 0.000000403. The summed E-state index contributed by atoms with van der Waals surface area (Å²) in [6, 6.07) is 0. The van der Waals surface area contributed by atoms with Gasteiger partial charge in [0.15, 0.2) is 0 Å². The molecule has 0 aromatic heterocycles. The first-order valence-electron chi connectivity index (χ1n) is 7.56. The molecule has 0 radical (unpaired) electrons. The fourth-order valence-electron chi connectivity index (χ4n) is 2.14. The van der Waals surface area contributed by atoms with E-state index in [2.05, 4.69) is 31.0 Å². The van der Waals surface area contributed by atoms with Crippen LogP contribution < -0.4 is 10.9 Å². The third-order valence-corrected chi connectivity index (χ3v) is 3.93. The zero-order chi connectivity index (χ0) is 16.2. The molecule has 2 N–H and O–H groups in total. The van der Waals surface area contributed by atoms with E-state index >= 15 is 0 Å². The fraction of sp³-hybridized carbons (Fsp3) is 0.714. The van der Waals surface area contributed by atoms with Gasteiger partial charge in [-0.25, -0.2) is 0 Å². The van der Waals surface area contributed by atoms with Crippen molar-refractivity contribution >= 4 is 47.0 Å². The van der Waals surface area contributed by atoms with Crippen LogP contribution in [0.4, 0.5) is 0 Å². The van der Waals surface area contributed by atoms with Gasteiger partial charge in [-0.1, -0.05) is 0 Å². The molecule has 9 heteroatoms. The summed E-state index contributed by atoms with van der Waals surface area (Å²) in [5.74, 6) is 0. The van der Waals surface area contributed by atoms with Crippen LogP contribution in [0.15, 0.2) is 20.2 Å². The van der Waals surface area contributed by atoms with Crippen LogP contribution in [-0.4, -0.2) is 35.9 Å². The molecule has 0 aromatic rings. The Morgan fingerprint density at radius 3 is 1.30 bits per heavy atom. The number of hydrogen-bond acceptors (Lipinski definition) is 6. The first kappa shape index (κ1) is 22.3. The quantitative estimate of drug-likeness (QED) is 0.242. The van der Waals surface area contributed by atoms with Gasteiger partial charge in [-0.2, -0.15) is 10.2 Å². The zero-order valence-electron chi connectivity index (χ0n) is 14.0. The summed E-state index contributed by atoms with van der Waals surface area (Å²) in [6.45, 7) is 0. The van der Waals surface area contributed by atoms with Crippen molar-refractivity contribution in [1.82, 2.24) is 10.9 Å². The Morgan fingerprint density at radius 2 is 1.04 bits per heavy atom. The average molecular weight is 406 g/mol. The van der Waals surface area contributed by atoms with Crippen LogP contribution in [0.2, 0.25) is 0 Å². The molecular formula is C14H24N6S2Zn. The SMILES string of the molecule is CN=C([S-])NN=C1CCCC1.CN=C([S-])NN=C1CCCC1.[Zn+2]. The predicted molar refractivity (Wildman–Crippen MR) is 99.5 cm³/mol. The summed E-state index contributed by atoms with van der Waals surface area (Å²) in [5.41, 5.74) is 7.89. The number of nitrogens with one attached hydrogen (secondary N) is 2. The average Bonchev–Trinajstić information content (AvgIpc) is 3.24. The van der Waals surface area contributed by atoms with Gasteiger partial charge in [-0.3, -0.25) is 20.8 Å². The van der Waals surface area contributed by atoms with Crippen molar-refractivity contribution in [2.24, 2.45) is 20.2 Å². The van der Waals surface area contributed by atoms with Gasteiger partial charge >= 0.3 is 19.5 Å². The van der Waals surface area contributed by atoms with Crippen LogP contribution in [0.1, 0.15) is 51.4 Å². The second-order valence-electron chi connectivity index (χ2n) is 5.05. The molecular weight excluding hydrogens is 382 g/mol. The number of nitrogens with zero attached hydrogens (tertiary/aromatic N) is 4. The molecule has 23 heavy (non-hydrogen) atoms. The topological polar surface area (TPSA) is 73.5 Å². The van der Waals surface area contributed by atoms with Crippen molar-refractivity contribution in [3.8, 4) is 0 Å². The second kappa shape index (κ2) is 13.8. The largest absolute Gasteiger partial charge is 2.00 e. The Hall–Kier alpha value is -0.657. The summed E-state index contributed by atoms with van der Waals surface area (Å²) in [6.07, 6.45) is 9.48. The second-order valence-corrected chi connectivity index (χ2v) is 5.82. The minimum Gasteiger partial charge on any atom is -0.741 e. The molecule has 2 fully saturated rings. The van der Waals surface area contributed by atoms with E-state index in [0.717, 1.165) is 25.7 Å². The van der Waals surface area contributed by atoms with Gasteiger partial charge < -0.3 is 25.3 Å². The van der Waals surface area contributed by atoms with Crippen molar-refractivity contribution in [2.45, 2.75) is 51.4 Å². The Bertz CT molecular complexity index is 404. The van der Waals surface area contributed by atoms with Crippen molar-refractivity contribution < 1.29 is 19.5 Å². The molecule has 2 aliphatic rings. The Morgan fingerprint density at radius 1 is 0.739 bits per heavy atom. The monoisotopic (exact) mass is 404 g/mol. The molecule has 0 saturated heterocycles. The molecule has 0 aliphatic heterocycles. The number of hydrogen-bond donors (Lipinski definition) is 2. The third kappa shape index (κ3) is 10.7. The molecule has 0 heterocycles. The van der Waals surface area contributed by atoms with Crippen LogP contribution in [0.25, 0.3) is 0 Å². The first-order chi connectivity index (χ1) is 10.7. The Labute approximate surface area is 162 Å². The molecule has 0 atom stereocenters. The Kier molecular flexibility index (Phi) is 13.4. The first-order valence-corrected chi connectivity index (χ1v) is 8.38. The maximum atomic E-state index is 4.81. The molecule has 0 amide bonds. The smallest absolute Gasteiger partial charge is 0.741 e. The molecule has 0 aromatic carbocycles. The minimum atomic E-state index is 0. The van der Waals surface area contributed by atoms with E-state index in [1.165, 1.54) is 37.1 Å². The van der Waals surface area contributed by atoms with Gasteiger partial charge in [-0.15, -0.1) is 0 Å². The van der Waals surface area contributed by atoms with E-state index in [0.29, 0.717) is 10.3 Å². The molecule has 0 spiro atoms. The van der Waals surface area contributed by atoms with Crippen molar-refractivity contribution in [2.75, 3.05) is 14.1 Å². The van der Waals surface area contributed by atoms with Crippen LogP contribution >= 0.6 is 0 Å². The van der Waals surface area contributed by atoms with E-state index in [1.807, 2.05) is 0 Å². The van der Waals surface area contributed by atoms with Crippen LogP contribution in [0.5, 0.6) is 0 Å². The van der Waals surface area contributed by atoms with Gasteiger partial charge in [0.25, 0.3) is 0 Å². The summed E-state index contributed by atoms with van der Waals surface area (Å²) >= 11 is 9.61. The van der Waals surface area contributed by atoms with E-state index < -0.39 is 0 Å². The van der Waals surface area contributed by atoms with Gasteiger partial charge in [0.1, 0.15) is 0 Å². The standard InChI is InChI=1S/2C7H13N3S.Zn/c2*1-8-7(11)10-9-6-4-2-3-5-6;/h2*2-5H2,1H3,(H2,8,10,11);/q;;+2/p-2. The van der Waals surface area contributed by atoms with Crippen LogP contribution in [0, 0.1) is 0 Å². The maximum Gasteiger partial charge on any atom is 2.00 e.